The third-order valence-electron chi connectivity index (χ3n) is 3.28. The second-order valence-corrected chi connectivity index (χ2v) is 4.81. The van der Waals surface area contributed by atoms with Crippen LogP contribution in [0.3, 0.4) is 0 Å². The number of aliphatic carboxylic acids is 1. The maximum atomic E-state index is 11.6. The molecule has 0 fully saturated rings. The summed E-state index contributed by atoms with van der Waals surface area (Å²) in [7, 11) is 1.56. The first-order valence-corrected chi connectivity index (χ1v) is 7.53. The van der Waals surface area contributed by atoms with Gasteiger partial charge < -0.3 is 25.4 Å². The van der Waals surface area contributed by atoms with Gasteiger partial charge in [-0.25, -0.2) is 9.59 Å². The first-order valence-electron chi connectivity index (χ1n) is 7.53. The minimum absolute atomic E-state index is 0.357. The van der Waals surface area contributed by atoms with E-state index in [2.05, 4.69) is 29.4 Å². The topological polar surface area (TPSA) is 90.9 Å². The van der Waals surface area contributed by atoms with Crippen LogP contribution in [-0.2, 0) is 9.53 Å². The number of urea groups is 1. The lowest BCUT2D eigenvalue weighted by Gasteiger charge is -2.18. The van der Waals surface area contributed by atoms with Crippen molar-refractivity contribution >= 4 is 12.0 Å². The smallest absolute Gasteiger partial charge is 0.326 e. The van der Waals surface area contributed by atoms with Crippen molar-refractivity contribution in [3.8, 4) is 0 Å². The molecule has 0 aromatic rings. The number of hydrogen-bond acceptors (Lipinski definition) is 4. The molecule has 0 aliphatic rings. The van der Waals surface area contributed by atoms with E-state index >= 15 is 0 Å². The average Bonchev–Trinajstić information content (AvgIpc) is 2.46. The molecule has 1 atom stereocenters. The molecular weight excluding hydrogens is 274 g/mol. The molecule has 0 spiro atoms. The minimum atomic E-state index is -1.02. The Morgan fingerprint density at radius 3 is 2.43 bits per heavy atom. The zero-order valence-corrected chi connectivity index (χ0v) is 13.4. The van der Waals surface area contributed by atoms with E-state index < -0.39 is 18.0 Å². The van der Waals surface area contributed by atoms with E-state index in [0.717, 1.165) is 26.1 Å². The number of ether oxygens (including phenoxy) is 1. The number of carboxylic acids is 1. The van der Waals surface area contributed by atoms with Crippen molar-refractivity contribution in [3.63, 3.8) is 0 Å². The van der Waals surface area contributed by atoms with Crippen LogP contribution in [0.1, 0.15) is 33.1 Å². The van der Waals surface area contributed by atoms with Crippen LogP contribution in [0.4, 0.5) is 4.79 Å². The minimum Gasteiger partial charge on any atom is -0.480 e. The standard InChI is InChI=1S/C14H29N3O4/c1-4-17(5-2)10-7-9-15-14(20)16-12(13(18)19)8-6-11-21-3/h12H,4-11H2,1-3H3,(H,18,19)(H2,15,16,20). The van der Waals surface area contributed by atoms with Crippen LogP contribution < -0.4 is 10.6 Å². The Bertz CT molecular complexity index is 296. The Hall–Kier alpha value is -1.34. The summed E-state index contributed by atoms with van der Waals surface area (Å²) in [5.74, 6) is -1.02. The van der Waals surface area contributed by atoms with E-state index in [1.807, 2.05) is 0 Å². The van der Waals surface area contributed by atoms with Gasteiger partial charge in [0.15, 0.2) is 0 Å². The lowest BCUT2D eigenvalue weighted by atomic mass is 10.1. The van der Waals surface area contributed by atoms with Gasteiger partial charge in [0.25, 0.3) is 0 Å². The highest BCUT2D eigenvalue weighted by atomic mass is 16.5. The number of rotatable bonds is 12. The molecule has 0 radical (unpaired) electrons. The molecule has 21 heavy (non-hydrogen) atoms. The maximum Gasteiger partial charge on any atom is 0.326 e. The molecule has 0 saturated heterocycles. The Balaban J connectivity index is 3.90. The van der Waals surface area contributed by atoms with Gasteiger partial charge in [-0.2, -0.15) is 0 Å². The van der Waals surface area contributed by atoms with Gasteiger partial charge in [-0.15, -0.1) is 0 Å². The van der Waals surface area contributed by atoms with E-state index in [1.165, 1.54) is 0 Å². The fraction of sp³-hybridized carbons (Fsp3) is 0.857. The van der Waals surface area contributed by atoms with Crippen molar-refractivity contribution in [2.24, 2.45) is 0 Å². The molecule has 0 aromatic heterocycles. The summed E-state index contributed by atoms with van der Waals surface area (Å²) in [5.41, 5.74) is 0. The summed E-state index contributed by atoms with van der Waals surface area (Å²) >= 11 is 0. The van der Waals surface area contributed by atoms with Gasteiger partial charge in [0.2, 0.25) is 0 Å². The third kappa shape index (κ3) is 10.1. The number of nitrogens with one attached hydrogen (secondary N) is 2. The fourth-order valence-electron chi connectivity index (χ4n) is 1.94. The molecule has 0 rings (SSSR count). The highest BCUT2D eigenvalue weighted by Crippen LogP contribution is 1.98. The van der Waals surface area contributed by atoms with Crippen LogP contribution in [0.15, 0.2) is 0 Å². The van der Waals surface area contributed by atoms with Gasteiger partial charge in [0, 0.05) is 20.3 Å². The second-order valence-electron chi connectivity index (χ2n) is 4.81. The van der Waals surface area contributed by atoms with E-state index in [9.17, 15) is 9.59 Å². The normalized spacial score (nSPS) is 12.2. The first kappa shape index (κ1) is 19.7. The summed E-state index contributed by atoms with van der Waals surface area (Å²) < 4.78 is 4.87. The predicted molar refractivity (Wildman–Crippen MR) is 81.5 cm³/mol. The summed E-state index contributed by atoms with van der Waals surface area (Å²) in [6, 6.07) is -1.30. The number of amides is 2. The molecule has 0 aliphatic heterocycles. The monoisotopic (exact) mass is 303 g/mol. The number of carbonyl (C=O) groups is 2. The van der Waals surface area contributed by atoms with Crippen molar-refractivity contribution in [2.45, 2.75) is 39.2 Å². The van der Waals surface area contributed by atoms with Gasteiger partial charge in [-0.3, -0.25) is 0 Å². The van der Waals surface area contributed by atoms with Crippen molar-refractivity contribution < 1.29 is 19.4 Å². The SMILES string of the molecule is CCN(CC)CCCNC(=O)NC(CCCOC)C(=O)O. The first-order chi connectivity index (χ1) is 10.0. The van der Waals surface area contributed by atoms with Gasteiger partial charge >= 0.3 is 12.0 Å². The van der Waals surface area contributed by atoms with Crippen molar-refractivity contribution in [3.05, 3.63) is 0 Å². The number of methoxy groups -OCH3 is 1. The number of hydrogen-bond donors (Lipinski definition) is 3. The van der Waals surface area contributed by atoms with Crippen molar-refractivity contribution in [1.29, 1.82) is 0 Å². The molecule has 0 bridgehead atoms. The van der Waals surface area contributed by atoms with Crippen molar-refractivity contribution in [1.82, 2.24) is 15.5 Å². The highest BCUT2D eigenvalue weighted by molar-refractivity contribution is 5.82. The summed E-state index contributed by atoms with van der Waals surface area (Å²) in [6.07, 6.45) is 1.79. The van der Waals surface area contributed by atoms with Gasteiger partial charge in [-0.1, -0.05) is 13.8 Å². The zero-order chi connectivity index (χ0) is 16.1. The molecule has 0 aromatic carbocycles. The number of nitrogens with zero attached hydrogens (tertiary/aromatic N) is 1. The van der Waals surface area contributed by atoms with Crippen LogP contribution in [0, 0.1) is 0 Å². The van der Waals surface area contributed by atoms with Gasteiger partial charge in [0.05, 0.1) is 0 Å². The Kier molecular flexibility index (Phi) is 11.6. The van der Waals surface area contributed by atoms with Crippen molar-refractivity contribution in [2.75, 3.05) is 39.9 Å². The molecule has 0 aliphatic carbocycles. The molecule has 3 N–H and O–H groups in total. The third-order valence-corrected chi connectivity index (χ3v) is 3.28. The summed E-state index contributed by atoms with van der Waals surface area (Å²) in [6.45, 7) is 8.11. The Labute approximate surface area is 127 Å². The van der Waals surface area contributed by atoms with E-state index in [-0.39, 0.29) is 0 Å². The Morgan fingerprint density at radius 1 is 1.24 bits per heavy atom. The maximum absolute atomic E-state index is 11.6. The predicted octanol–water partition coefficient (Wildman–Crippen LogP) is 0.897. The number of carboxylic acid groups (broad SMARTS) is 1. The molecule has 7 heteroatoms. The molecule has 1 unspecified atom stereocenters. The van der Waals surface area contributed by atoms with Gasteiger partial charge in [0.1, 0.15) is 6.04 Å². The van der Waals surface area contributed by atoms with E-state index in [0.29, 0.717) is 26.0 Å². The molecule has 0 saturated carbocycles. The fourth-order valence-corrected chi connectivity index (χ4v) is 1.94. The van der Waals surface area contributed by atoms with Gasteiger partial charge in [-0.05, 0) is 38.9 Å². The molecule has 0 heterocycles. The van der Waals surface area contributed by atoms with Crippen LogP contribution in [0.5, 0.6) is 0 Å². The summed E-state index contributed by atoms with van der Waals surface area (Å²) in [4.78, 5) is 24.9. The van der Waals surface area contributed by atoms with Crippen LogP contribution in [0.2, 0.25) is 0 Å². The Morgan fingerprint density at radius 2 is 1.90 bits per heavy atom. The van der Waals surface area contributed by atoms with E-state index in [1.54, 1.807) is 7.11 Å². The largest absolute Gasteiger partial charge is 0.480 e. The van der Waals surface area contributed by atoms with Crippen LogP contribution in [0.25, 0.3) is 0 Å². The van der Waals surface area contributed by atoms with Crippen LogP contribution in [-0.4, -0.2) is 67.9 Å². The number of carbonyl (C=O) groups excluding carboxylic acids is 1. The van der Waals surface area contributed by atoms with E-state index in [4.69, 9.17) is 9.84 Å². The zero-order valence-electron chi connectivity index (χ0n) is 13.4. The lowest BCUT2D eigenvalue weighted by molar-refractivity contribution is -0.139. The lowest BCUT2D eigenvalue weighted by Crippen LogP contribution is -2.46. The second kappa shape index (κ2) is 12.4. The highest BCUT2D eigenvalue weighted by Gasteiger charge is 2.18. The molecule has 124 valence electrons. The summed E-state index contributed by atoms with van der Waals surface area (Å²) in [5, 5.41) is 14.2. The molecular formula is C14H29N3O4. The quantitative estimate of drug-likeness (QED) is 0.466. The average molecular weight is 303 g/mol. The van der Waals surface area contributed by atoms with Crippen LogP contribution >= 0.6 is 0 Å². The molecule has 2 amide bonds. The molecule has 7 nitrogen and oxygen atoms in total.